The van der Waals surface area contributed by atoms with Crippen molar-refractivity contribution in [3.63, 3.8) is 0 Å². The smallest absolute Gasteiger partial charge is 0.329 e. The minimum atomic E-state index is -4.62. The van der Waals surface area contributed by atoms with Crippen LogP contribution >= 0.6 is 0 Å². The lowest BCUT2D eigenvalue weighted by Crippen LogP contribution is -2.43. The van der Waals surface area contributed by atoms with Crippen molar-refractivity contribution in [1.82, 2.24) is 9.21 Å². The van der Waals surface area contributed by atoms with Crippen molar-refractivity contribution in [2.75, 3.05) is 26.2 Å². The fourth-order valence-corrected chi connectivity index (χ4v) is 4.86. The molecular weight excluding hydrogens is 412 g/mol. The number of rotatable bonds is 5. The van der Waals surface area contributed by atoms with E-state index in [1.54, 1.807) is 20.8 Å². The highest BCUT2D eigenvalue weighted by molar-refractivity contribution is 7.89. The molecule has 1 saturated heterocycles. The van der Waals surface area contributed by atoms with Crippen LogP contribution in [-0.2, 0) is 10.0 Å². The van der Waals surface area contributed by atoms with Crippen LogP contribution in [0.3, 0.4) is 0 Å². The number of amides is 1. The van der Waals surface area contributed by atoms with Gasteiger partial charge in [-0.15, -0.1) is 0 Å². The molecule has 0 aliphatic carbocycles. The predicted octanol–water partition coefficient (Wildman–Crippen LogP) is 4.05. The molecule has 5 nitrogen and oxygen atoms in total. The molecular formula is C19H26F4N2O3S. The van der Waals surface area contributed by atoms with E-state index in [9.17, 15) is 30.8 Å². The van der Waals surface area contributed by atoms with Gasteiger partial charge in [0.15, 0.2) is 0 Å². The summed E-state index contributed by atoms with van der Waals surface area (Å²) in [6.07, 6.45) is -2.47. The van der Waals surface area contributed by atoms with Gasteiger partial charge in [-0.3, -0.25) is 4.79 Å². The highest BCUT2D eigenvalue weighted by Gasteiger charge is 2.36. The molecule has 0 spiro atoms. The summed E-state index contributed by atoms with van der Waals surface area (Å²) in [6.45, 7) is 3.85. The molecule has 0 bridgehead atoms. The Morgan fingerprint density at radius 1 is 1.07 bits per heavy atom. The summed E-state index contributed by atoms with van der Waals surface area (Å²) in [5, 5.41) is 0. The van der Waals surface area contributed by atoms with E-state index in [-0.39, 0.29) is 25.2 Å². The number of carbonyl (C=O) groups excluding carboxylic acids is 1. The third kappa shape index (κ3) is 6.40. The Balaban J connectivity index is 2.40. The van der Waals surface area contributed by atoms with Gasteiger partial charge < -0.3 is 4.90 Å². The Labute approximate surface area is 168 Å². The summed E-state index contributed by atoms with van der Waals surface area (Å²) in [5.74, 6) is -2.03. The molecule has 0 saturated carbocycles. The van der Waals surface area contributed by atoms with Crippen molar-refractivity contribution in [2.24, 2.45) is 5.41 Å². The molecule has 0 radical (unpaired) electrons. The summed E-state index contributed by atoms with van der Waals surface area (Å²) < 4.78 is 80.0. The zero-order valence-corrected chi connectivity index (χ0v) is 17.5. The Morgan fingerprint density at radius 3 is 2.17 bits per heavy atom. The number of piperidine rings is 1. The zero-order chi connectivity index (χ0) is 22.0. The third-order valence-electron chi connectivity index (χ3n) is 4.43. The Morgan fingerprint density at radius 2 is 1.66 bits per heavy atom. The zero-order valence-electron chi connectivity index (χ0n) is 16.7. The van der Waals surface area contributed by atoms with Crippen molar-refractivity contribution >= 4 is 15.9 Å². The van der Waals surface area contributed by atoms with Crippen LogP contribution in [0.25, 0.3) is 0 Å². The molecule has 1 heterocycles. The molecule has 29 heavy (non-hydrogen) atoms. The number of nitrogens with zero attached hydrogens (tertiary/aromatic N) is 2. The molecule has 10 heteroatoms. The average Bonchev–Trinajstić information content (AvgIpc) is 2.59. The van der Waals surface area contributed by atoms with Crippen LogP contribution in [0.15, 0.2) is 23.1 Å². The molecule has 1 amide bonds. The monoisotopic (exact) mass is 438 g/mol. The highest BCUT2D eigenvalue weighted by Crippen LogP contribution is 2.27. The van der Waals surface area contributed by atoms with E-state index in [4.69, 9.17) is 0 Å². The van der Waals surface area contributed by atoms with Crippen LogP contribution in [0.4, 0.5) is 17.6 Å². The van der Waals surface area contributed by atoms with E-state index in [0.717, 1.165) is 28.9 Å². The van der Waals surface area contributed by atoms with E-state index in [0.29, 0.717) is 17.7 Å². The lowest BCUT2D eigenvalue weighted by Gasteiger charge is -2.31. The van der Waals surface area contributed by atoms with Gasteiger partial charge in [-0.05, 0) is 36.5 Å². The second kappa shape index (κ2) is 8.59. The van der Waals surface area contributed by atoms with E-state index in [1.165, 1.54) is 0 Å². The second-order valence-electron chi connectivity index (χ2n) is 8.45. The third-order valence-corrected chi connectivity index (χ3v) is 6.35. The number of halogens is 4. The molecule has 0 unspecified atom stereocenters. The molecule has 0 N–H and O–H groups in total. The van der Waals surface area contributed by atoms with Crippen molar-refractivity contribution in [3.8, 4) is 0 Å². The number of hydrogen-bond donors (Lipinski definition) is 0. The molecule has 1 aromatic rings. The minimum Gasteiger partial charge on any atom is -0.329 e. The van der Waals surface area contributed by atoms with Crippen LogP contribution < -0.4 is 0 Å². The van der Waals surface area contributed by atoms with E-state index in [1.807, 2.05) is 0 Å². The molecule has 1 aliphatic rings. The minimum absolute atomic E-state index is 0.197. The van der Waals surface area contributed by atoms with Crippen LogP contribution in [0.5, 0.6) is 0 Å². The lowest BCUT2D eigenvalue weighted by atomic mass is 9.95. The summed E-state index contributed by atoms with van der Waals surface area (Å²) in [4.78, 5) is 12.7. The number of benzene rings is 1. The van der Waals surface area contributed by atoms with Gasteiger partial charge >= 0.3 is 6.18 Å². The summed E-state index contributed by atoms with van der Waals surface area (Å²) in [7, 11) is -4.18. The largest absolute Gasteiger partial charge is 0.406 e. The van der Waals surface area contributed by atoms with Crippen LogP contribution in [0.1, 0.15) is 50.4 Å². The fourth-order valence-electron chi connectivity index (χ4n) is 3.25. The Bertz CT molecular complexity index is 826. The van der Waals surface area contributed by atoms with Gasteiger partial charge in [-0.25, -0.2) is 12.8 Å². The van der Waals surface area contributed by atoms with Gasteiger partial charge in [0, 0.05) is 25.2 Å². The molecule has 164 valence electrons. The molecule has 2 rings (SSSR count). The first-order valence-electron chi connectivity index (χ1n) is 9.36. The second-order valence-corrected chi connectivity index (χ2v) is 10.4. The number of sulfonamides is 1. The van der Waals surface area contributed by atoms with Crippen molar-refractivity contribution in [1.29, 1.82) is 0 Å². The maximum atomic E-state index is 14.3. The lowest BCUT2D eigenvalue weighted by molar-refractivity contribution is -0.142. The van der Waals surface area contributed by atoms with Crippen LogP contribution in [0, 0.1) is 11.2 Å². The van der Waals surface area contributed by atoms with Gasteiger partial charge in [-0.2, -0.15) is 17.5 Å². The normalized spacial score (nSPS) is 16.7. The topological polar surface area (TPSA) is 57.7 Å². The fraction of sp³-hybridized carbons (Fsp3) is 0.632. The van der Waals surface area contributed by atoms with Gasteiger partial charge in [0.05, 0.1) is 0 Å². The number of alkyl halides is 3. The van der Waals surface area contributed by atoms with Crippen molar-refractivity contribution < 1.29 is 30.8 Å². The van der Waals surface area contributed by atoms with Gasteiger partial charge in [-0.1, -0.05) is 27.2 Å². The van der Waals surface area contributed by atoms with E-state index in [2.05, 4.69) is 0 Å². The first-order chi connectivity index (χ1) is 13.2. The summed E-state index contributed by atoms with van der Waals surface area (Å²) in [5.41, 5.74) is -0.917. The number of hydrogen-bond acceptors (Lipinski definition) is 3. The Kier molecular flexibility index (Phi) is 6.99. The van der Waals surface area contributed by atoms with Gasteiger partial charge in [0.2, 0.25) is 10.0 Å². The standard InChI is InChI=1S/C19H26F4N2O3S/c1-18(2,3)12-24(13-19(21,22)23)17(26)14-7-8-15(20)16(11-14)29(27,28)25-9-5-4-6-10-25/h7-8,11H,4-6,9-10,12-13H2,1-3H3. The first-order valence-corrected chi connectivity index (χ1v) is 10.8. The van der Waals surface area contributed by atoms with Gasteiger partial charge in [0.25, 0.3) is 5.91 Å². The van der Waals surface area contributed by atoms with Crippen molar-refractivity contribution in [3.05, 3.63) is 29.6 Å². The quantitative estimate of drug-likeness (QED) is 0.652. The molecule has 1 fully saturated rings. The highest BCUT2D eigenvalue weighted by atomic mass is 32.2. The SMILES string of the molecule is CC(C)(C)CN(CC(F)(F)F)C(=O)c1ccc(F)c(S(=O)(=O)N2CCCCC2)c1. The summed E-state index contributed by atoms with van der Waals surface area (Å²) >= 11 is 0. The molecule has 0 atom stereocenters. The molecule has 1 aliphatic heterocycles. The maximum absolute atomic E-state index is 14.3. The van der Waals surface area contributed by atoms with E-state index < -0.39 is 44.8 Å². The van der Waals surface area contributed by atoms with E-state index >= 15 is 0 Å². The first kappa shape index (κ1) is 23.6. The maximum Gasteiger partial charge on any atom is 0.406 e. The van der Waals surface area contributed by atoms with Crippen LogP contribution in [0.2, 0.25) is 0 Å². The average molecular weight is 438 g/mol. The van der Waals surface area contributed by atoms with Gasteiger partial charge in [0.1, 0.15) is 17.3 Å². The van der Waals surface area contributed by atoms with Crippen LogP contribution in [-0.4, -0.2) is 55.9 Å². The number of carbonyl (C=O) groups is 1. The summed E-state index contributed by atoms with van der Waals surface area (Å²) in [6, 6.07) is 2.67. The molecule has 1 aromatic carbocycles. The predicted molar refractivity (Wildman–Crippen MR) is 100 cm³/mol. The Hall–Kier alpha value is -1.68. The van der Waals surface area contributed by atoms with Crippen molar-refractivity contribution in [2.45, 2.75) is 51.1 Å². The molecule has 0 aromatic heterocycles.